The van der Waals surface area contributed by atoms with Crippen LogP contribution in [0.3, 0.4) is 0 Å². The molecule has 2 nitrogen and oxygen atoms in total. The molecule has 0 radical (unpaired) electrons. The van der Waals surface area contributed by atoms with Crippen molar-refractivity contribution in [2.24, 2.45) is 11.8 Å². The molecule has 1 aliphatic rings. The smallest absolute Gasteiger partial charge is 0.0449 e. The Balaban J connectivity index is 2.06. The molecule has 0 saturated carbocycles. The third-order valence-electron chi connectivity index (χ3n) is 3.20. The van der Waals surface area contributed by atoms with Gasteiger partial charge in [-0.2, -0.15) is 11.8 Å². The van der Waals surface area contributed by atoms with E-state index in [1.165, 1.54) is 17.9 Å². The molecule has 3 N–H and O–H groups in total. The average molecular weight is 336 g/mol. The zero-order chi connectivity index (χ0) is 12.3. The second kappa shape index (κ2) is 6.43. The molecule has 1 heterocycles. The first-order chi connectivity index (χ1) is 8.20. The number of nitrogens with two attached hydrogens (primary N) is 1. The van der Waals surface area contributed by atoms with Gasteiger partial charge in [-0.3, -0.25) is 11.3 Å². The fraction of sp³-hybridized carbons (Fsp3) is 0.500. The molecule has 1 fully saturated rings. The van der Waals surface area contributed by atoms with E-state index in [-0.39, 0.29) is 0 Å². The largest absolute Gasteiger partial charge is 0.271 e. The van der Waals surface area contributed by atoms with Gasteiger partial charge in [-0.25, -0.2) is 0 Å². The van der Waals surface area contributed by atoms with E-state index in [2.05, 4.69) is 27.4 Å². The first-order valence-electron chi connectivity index (χ1n) is 5.68. The fourth-order valence-electron chi connectivity index (χ4n) is 2.16. The van der Waals surface area contributed by atoms with Gasteiger partial charge in [0.05, 0.1) is 0 Å². The van der Waals surface area contributed by atoms with Crippen LogP contribution in [-0.2, 0) is 6.42 Å². The summed E-state index contributed by atoms with van der Waals surface area (Å²) in [5.74, 6) is 8.77. The lowest BCUT2D eigenvalue weighted by atomic mass is 9.93. The van der Waals surface area contributed by atoms with E-state index in [1.807, 2.05) is 23.9 Å². The van der Waals surface area contributed by atoms with Crippen molar-refractivity contribution in [1.29, 1.82) is 0 Å². The van der Waals surface area contributed by atoms with Crippen molar-refractivity contribution in [3.63, 3.8) is 0 Å². The predicted octanol–water partition coefficient (Wildman–Crippen LogP) is 3.23. The minimum atomic E-state index is 0.323. The van der Waals surface area contributed by atoms with E-state index in [4.69, 9.17) is 17.4 Å². The Labute approximate surface area is 120 Å². The number of nitrogens with one attached hydrogen (secondary N) is 1. The van der Waals surface area contributed by atoms with Crippen LogP contribution in [0.2, 0.25) is 5.02 Å². The van der Waals surface area contributed by atoms with Crippen molar-refractivity contribution in [3.8, 4) is 0 Å². The zero-order valence-corrected chi connectivity index (χ0v) is 12.6. The second-order valence-corrected chi connectivity index (χ2v) is 6.81. The van der Waals surface area contributed by atoms with E-state index in [9.17, 15) is 0 Å². The van der Waals surface area contributed by atoms with Crippen molar-refractivity contribution >= 4 is 39.3 Å². The summed E-state index contributed by atoms with van der Waals surface area (Å²) in [7, 11) is 0. The van der Waals surface area contributed by atoms with E-state index in [0.29, 0.717) is 12.0 Å². The lowest BCUT2D eigenvalue weighted by Crippen LogP contribution is -2.42. The maximum absolute atomic E-state index is 6.23. The Morgan fingerprint density at radius 1 is 1.59 bits per heavy atom. The molecule has 0 aliphatic carbocycles. The number of hydrogen-bond donors (Lipinski definition) is 2. The summed E-state index contributed by atoms with van der Waals surface area (Å²) in [6, 6.07) is 6.36. The molecule has 0 amide bonds. The van der Waals surface area contributed by atoms with Gasteiger partial charge in [0.2, 0.25) is 0 Å². The quantitative estimate of drug-likeness (QED) is 0.655. The highest BCUT2D eigenvalue weighted by Crippen LogP contribution is 2.29. The number of rotatable bonds is 4. The summed E-state index contributed by atoms with van der Waals surface area (Å²) >= 11 is 11.7. The third kappa shape index (κ3) is 3.61. The maximum Gasteiger partial charge on any atom is 0.0449 e. The maximum atomic E-state index is 6.23. The first kappa shape index (κ1) is 13.7. The van der Waals surface area contributed by atoms with E-state index in [0.717, 1.165) is 21.5 Å². The van der Waals surface area contributed by atoms with Gasteiger partial charge in [-0.1, -0.05) is 33.6 Å². The van der Waals surface area contributed by atoms with Gasteiger partial charge >= 0.3 is 0 Å². The monoisotopic (exact) mass is 334 g/mol. The van der Waals surface area contributed by atoms with Gasteiger partial charge < -0.3 is 0 Å². The summed E-state index contributed by atoms with van der Waals surface area (Å²) in [4.78, 5) is 0. The van der Waals surface area contributed by atoms with E-state index in [1.54, 1.807) is 0 Å². The summed E-state index contributed by atoms with van der Waals surface area (Å²) in [6.45, 7) is 0. The van der Waals surface area contributed by atoms with Gasteiger partial charge in [-0.05, 0) is 48.0 Å². The van der Waals surface area contributed by atoms with Crippen LogP contribution in [0.4, 0.5) is 0 Å². The van der Waals surface area contributed by atoms with Crippen molar-refractivity contribution in [3.05, 3.63) is 33.3 Å². The van der Waals surface area contributed by atoms with E-state index >= 15 is 0 Å². The SMILES string of the molecule is NNC(Cc1ccc(Br)cc1Cl)C1CCSC1. The highest BCUT2D eigenvalue weighted by Gasteiger charge is 2.25. The number of benzene rings is 1. The number of halogens is 2. The molecule has 1 aliphatic heterocycles. The van der Waals surface area contributed by atoms with Crippen LogP contribution in [0.1, 0.15) is 12.0 Å². The molecule has 1 saturated heterocycles. The van der Waals surface area contributed by atoms with Crippen LogP contribution in [-0.4, -0.2) is 17.5 Å². The first-order valence-corrected chi connectivity index (χ1v) is 8.01. The number of hydrogen-bond acceptors (Lipinski definition) is 3. The Morgan fingerprint density at radius 2 is 2.41 bits per heavy atom. The minimum Gasteiger partial charge on any atom is -0.271 e. The summed E-state index contributed by atoms with van der Waals surface area (Å²) < 4.78 is 1.01. The molecule has 94 valence electrons. The normalized spacial score (nSPS) is 21.7. The molecule has 0 aromatic heterocycles. The Bertz CT molecular complexity index is 383. The van der Waals surface area contributed by atoms with Gasteiger partial charge in [-0.15, -0.1) is 0 Å². The van der Waals surface area contributed by atoms with Crippen molar-refractivity contribution < 1.29 is 0 Å². The molecule has 1 aromatic carbocycles. The van der Waals surface area contributed by atoms with Crippen molar-refractivity contribution in [1.82, 2.24) is 5.43 Å². The minimum absolute atomic E-state index is 0.323. The number of thioether (sulfide) groups is 1. The van der Waals surface area contributed by atoms with Crippen molar-refractivity contribution in [2.45, 2.75) is 18.9 Å². The molecule has 5 heteroatoms. The molecule has 0 spiro atoms. The van der Waals surface area contributed by atoms with Crippen LogP contribution in [0, 0.1) is 5.92 Å². The molecule has 2 unspecified atom stereocenters. The second-order valence-electron chi connectivity index (χ2n) is 4.34. The molecule has 1 aromatic rings. The Kier molecular flexibility index (Phi) is 5.18. The molecule has 2 rings (SSSR count). The van der Waals surface area contributed by atoms with Gasteiger partial charge in [0.1, 0.15) is 0 Å². The molecule has 17 heavy (non-hydrogen) atoms. The molecular formula is C12H16BrClN2S. The standard InChI is InChI=1S/C12H16BrClN2S/c13-10-2-1-8(11(14)6-10)5-12(16-15)9-3-4-17-7-9/h1-2,6,9,12,16H,3-5,7,15H2. The van der Waals surface area contributed by atoms with Gasteiger partial charge in [0, 0.05) is 15.5 Å². The average Bonchev–Trinajstić information content (AvgIpc) is 2.81. The highest BCUT2D eigenvalue weighted by molar-refractivity contribution is 9.10. The highest BCUT2D eigenvalue weighted by atomic mass is 79.9. The van der Waals surface area contributed by atoms with Crippen LogP contribution in [0.15, 0.2) is 22.7 Å². The molecule has 2 atom stereocenters. The lowest BCUT2D eigenvalue weighted by Gasteiger charge is -2.22. The van der Waals surface area contributed by atoms with Gasteiger partial charge in [0.25, 0.3) is 0 Å². The predicted molar refractivity (Wildman–Crippen MR) is 79.4 cm³/mol. The third-order valence-corrected chi connectivity index (χ3v) is 5.24. The van der Waals surface area contributed by atoms with Gasteiger partial charge in [0.15, 0.2) is 0 Å². The summed E-state index contributed by atoms with van der Waals surface area (Å²) in [5, 5.41) is 0.810. The van der Waals surface area contributed by atoms with Crippen LogP contribution >= 0.6 is 39.3 Å². The molecule has 0 bridgehead atoms. The lowest BCUT2D eigenvalue weighted by molar-refractivity contribution is 0.386. The molecular weight excluding hydrogens is 320 g/mol. The van der Waals surface area contributed by atoms with E-state index < -0.39 is 0 Å². The Morgan fingerprint density at radius 3 is 3.00 bits per heavy atom. The Hall–Kier alpha value is 0.260. The zero-order valence-electron chi connectivity index (χ0n) is 9.46. The van der Waals surface area contributed by atoms with Crippen LogP contribution < -0.4 is 11.3 Å². The fourth-order valence-corrected chi connectivity index (χ4v) is 4.24. The summed E-state index contributed by atoms with van der Waals surface area (Å²) in [6.07, 6.45) is 2.14. The van der Waals surface area contributed by atoms with Crippen LogP contribution in [0.5, 0.6) is 0 Å². The number of hydrazine groups is 1. The van der Waals surface area contributed by atoms with Crippen molar-refractivity contribution in [2.75, 3.05) is 11.5 Å². The summed E-state index contributed by atoms with van der Waals surface area (Å²) in [5.41, 5.74) is 4.11. The van der Waals surface area contributed by atoms with Crippen LogP contribution in [0.25, 0.3) is 0 Å². The topological polar surface area (TPSA) is 38.0 Å².